The molecule has 0 bridgehead atoms. The highest BCUT2D eigenvalue weighted by molar-refractivity contribution is 9.10. The van der Waals surface area contributed by atoms with Gasteiger partial charge in [-0.25, -0.2) is 0 Å². The van der Waals surface area contributed by atoms with Gasteiger partial charge in [-0.3, -0.25) is 14.6 Å². The molecule has 2 aromatic carbocycles. The highest BCUT2D eigenvalue weighted by Gasteiger charge is 2.36. The summed E-state index contributed by atoms with van der Waals surface area (Å²) < 4.78 is 2.14. The molecule has 0 aromatic heterocycles. The Balaban J connectivity index is 1.62. The van der Waals surface area contributed by atoms with Gasteiger partial charge in [-0.1, -0.05) is 56.1 Å². The van der Waals surface area contributed by atoms with Crippen molar-refractivity contribution in [2.75, 3.05) is 66.5 Å². The number of nitrogens with zero attached hydrogens (tertiary/aromatic N) is 4. The van der Waals surface area contributed by atoms with Crippen molar-refractivity contribution in [3.63, 3.8) is 0 Å². The maximum absolute atomic E-state index is 14.4. The lowest BCUT2D eigenvalue weighted by atomic mass is 9.91. The number of hydrogen-bond donors (Lipinski definition) is 0. The molecule has 184 valence electrons. The fourth-order valence-corrected chi connectivity index (χ4v) is 5.98. The summed E-state index contributed by atoms with van der Waals surface area (Å²) in [5, 5.41) is 0. The third-order valence-electron chi connectivity index (χ3n) is 7.25. The Morgan fingerprint density at radius 1 is 0.706 bits per heavy atom. The molecule has 0 aliphatic carbocycles. The van der Waals surface area contributed by atoms with E-state index in [9.17, 15) is 4.79 Å². The predicted molar refractivity (Wildman–Crippen MR) is 146 cm³/mol. The van der Waals surface area contributed by atoms with E-state index < -0.39 is 0 Å². The van der Waals surface area contributed by atoms with Crippen LogP contribution < -0.4 is 0 Å². The van der Waals surface area contributed by atoms with E-state index in [1.54, 1.807) is 0 Å². The van der Waals surface area contributed by atoms with E-state index in [0.717, 1.165) is 74.1 Å². The van der Waals surface area contributed by atoms with E-state index >= 15 is 0 Å². The summed E-state index contributed by atoms with van der Waals surface area (Å²) in [4.78, 5) is 24.0. The molecule has 2 aromatic rings. The third kappa shape index (κ3) is 6.99. The second-order valence-electron chi connectivity index (χ2n) is 9.78. The molecule has 0 saturated carbocycles. The Morgan fingerprint density at radius 2 is 1.09 bits per heavy atom. The highest BCUT2D eigenvalue weighted by Crippen LogP contribution is 2.22. The minimum atomic E-state index is -0.111. The van der Waals surface area contributed by atoms with Gasteiger partial charge in [0.05, 0.1) is 12.1 Å². The zero-order valence-electron chi connectivity index (χ0n) is 20.3. The van der Waals surface area contributed by atoms with Crippen molar-refractivity contribution in [1.82, 2.24) is 19.6 Å². The number of hydrogen-bond acceptors (Lipinski definition) is 5. The first-order valence-electron chi connectivity index (χ1n) is 12.3. The van der Waals surface area contributed by atoms with E-state index in [2.05, 4.69) is 114 Å². The van der Waals surface area contributed by atoms with Crippen LogP contribution in [-0.4, -0.2) is 104 Å². The topological polar surface area (TPSA) is 30.0 Å². The monoisotopic (exact) mass is 590 g/mol. The summed E-state index contributed by atoms with van der Waals surface area (Å²) in [7, 11) is 4.34. The number of rotatable bonds is 8. The zero-order chi connectivity index (χ0) is 24.1. The molecule has 4 rings (SSSR count). The Labute approximate surface area is 221 Å². The van der Waals surface area contributed by atoms with Gasteiger partial charge in [-0.05, 0) is 62.3 Å². The Bertz CT molecular complexity index is 880. The van der Waals surface area contributed by atoms with E-state index in [1.807, 2.05) is 0 Å². The number of ketones is 1. The molecule has 2 unspecified atom stereocenters. The maximum atomic E-state index is 14.4. The van der Waals surface area contributed by atoms with E-state index in [-0.39, 0.29) is 12.1 Å². The van der Waals surface area contributed by atoms with Crippen molar-refractivity contribution in [1.29, 1.82) is 0 Å². The van der Waals surface area contributed by atoms with Crippen LogP contribution in [0.25, 0.3) is 0 Å². The van der Waals surface area contributed by atoms with Crippen LogP contribution in [0.5, 0.6) is 0 Å². The van der Waals surface area contributed by atoms with E-state index in [1.165, 1.54) is 11.1 Å². The summed E-state index contributed by atoms with van der Waals surface area (Å²) in [6.07, 6.45) is 1.51. The van der Waals surface area contributed by atoms with E-state index in [0.29, 0.717) is 5.78 Å². The normalized spacial score (nSPS) is 20.8. The van der Waals surface area contributed by atoms with Crippen molar-refractivity contribution in [3.8, 4) is 0 Å². The van der Waals surface area contributed by atoms with Gasteiger partial charge in [-0.2, -0.15) is 0 Å². The largest absolute Gasteiger partial charge is 0.304 e. The highest BCUT2D eigenvalue weighted by atomic mass is 79.9. The Kier molecular flexibility index (Phi) is 9.35. The van der Waals surface area contributed by atoms with Gasteiger partial charge < -0.3 is 9.80 Å². The van der Waals surface area contributed by atoms with Crippen molar-refractivity contribution < 1.29 is 4.79 Å². The van der Waals surface area contributed by atoms with Gasteiger partial charge in [0.25, 0.3) is 0 Å². The van der Waals surface area contributed by atoms with Gasteiger partial charge in [0.2, 0.25) is 0 Å². The van der Waals surface area contributed by atoms with Crippen LogP contribution in [0.1, 0.15) is 11.1 Å². The number of halogens is 2. The maximum Gasteiger partial charge on any atom is 0.167 e. The first-order valence-corrected chi connectivity index (χ1v) is 13.9. The molecule has 34 heavy (non-hydrogen) atoms. The minimum absolute atomic E-state index is 0.111. The fraction of sp³-hybridized carbons (Fsp3) is 0.519. The van der Waals surface area contributed by atoms with Crippen LogP contribution in [0.4, 0.5) is 0 Å². The van der Waals surface area contributed by atoms with Crippen LogP contribution in [0.15, 0.2) is 57.5 Å². The first-order chi connectivity index (χ1) is 16.4. The van der Waals surface area contributed by atoms with Crippen LogP contribution in [0, 0.1) is 0 Å². The molecule has 2 aliphatic heterocycles. The predicted octanol–water partition coefficient (Wildman–Crippen LogP) is 3.80. The van der Waals surface area contributed by atoms with E-state index in [4.69, 9.17) is 0 Å². The number of benzene rings is 2. The summed E-state index contributed by atoms with van der Waals surface area (Å²) in [5.74, 6) is 0.369. The van der Waals surface area contributed by atoms with Crippen LogP contribution in [0.2, 0.25) is 0 Å². The molecule has 0 spiro atoms. The molecule has 5 nitrogen and oxygen atoms in total. The smallest absolute Gasteiger partial charge is 0.167 e. The molecule has 2 saturated heterocycles. The standard InChI is InChI=1S/C27H36Br2N4O/c1-30-9-13-32(14-10-30)25(19-21-5-3-7-23(28)17-21)27(34)26(33-15-11-31(2)12-16-33)20-22-6-4-8-24(29)18-22/h3-8,17-18,25-26H,9-16,19-20H2,1-2H3. The first kappa shape index (κ1) is 26.0. The number of carbonyl (C=O) groups is 1. The number of Topliss-reactive ketones (excluding diaryl/α,β-unsaturated/α-hetero) is 1. The van der Waals surface area contributed by atoms with Crippen LogP contribution in [-0.2, 0) is 17.6 Å². The lowest BCUT2D eigenvalue weighted by Gasteiger charge is -2.42. The summed E-state index contributed by atoms with van der Waals surface area (Å²) in [6.45, 7) is 7.78. The van der Waals surface area contributed by atoms with Crippen molar-refractivity contribution in [2.24, 2.45) is 0 Å². The molecule has 2 atom stereocenters. The quantitative estimate of drug-likeness (QED) is 0.466. The lowest BCUT2D eigenvalue weighted by Crippen LogP contribution is -2.59. The van der Waals surface area contributed by atoms with Crippen molar-refractivity contribution >= 4 is 37.6 Å². The summed E-state index contributed by atoms with van der Waals surface area (Å²) >= 11 is 7.24. The second kappa shape index (κ2) is 12.2. The molecule has 0 radical (unpaired) electrons. The zero-order valence-corrected chi connectivity index (χ0v) is 23.5. The molecule has 7 heteroatoms. The number of piperazine rings is 2. The second-order valence-corrected chi connectivity index (χ2v) is 11.6. The molecular formula is C27H36Br2N4O. The SMILES string of the molecule is CN1CCN(C(Cc2cccc(Br)c2)C(=O)C(Cc2cccc(Br)c2)N2CCN(C)CC2)CC1. The molecule has 0 N–H and O–H groups in total. The van der Waals surface area contributed by atoms with Crippen molar-refractivity contribution in [2.45, 2.75) is 24.9 Å². The number of likely N-dealkylation sites (N-methyl/N-ethyl adjacent to an activating group) is 2. The van der Waals surface area contributed by atoms with Gasteiger partial charge >= 0.3 is 0 Å². The molecule has 2 fully saturated rings. The van der Waals surface area contributed by atoms with Gasteiger partial charge in [0.15, 0.2) is 5.78 Å². The van der Waals surface area contributed by atoms with Crippen LogP contribution >= 0.6 is 31.9 Å². The van der Waals surface area contributed by atoms with Crippen LogP contribution in [0.3, 0.4) is 0 Å². The minimum Gasteiger partial charge on any atom is -0.304 e. The summed E-state index contributed by atoms with van der Waals surface area (Å²) in [5.41, 5.74) is 2.43. The fourth-order valence-electron chi connectivity index (χ4n) is 5.08. The Morgan fingerprint density at radius 3 is 1.44 bits per heavy atom. The Hall–Kier alpha value is -1.09. The molecular weight excluding hydrogens is 556 g/mol. The average Bonchev–Trinajstić information content (AvgIpc) is 2.82. The molecule has 2 heterocycles. The summed E-state index contributed by atoms with van der Waals surface area (Å²) in [6, 6.07) is 16.7. The average molecular weight is 592 g/mol. The van der Waals surface area contributed by atoms with Gasteiger partial charge in [-0.15, -0.1) is 0 Å². The lowest BCUT2D eigenvalue weighted by molar-refractivity contribution is -0.131. The van der Waals surface area contributed by atoms with Gasteiger partial charge in [0, 0.05) is 61.3 Å². The third-order valence-corrected chi connectivity index (χ3v) is 8.24. The molecule has 0 amide bonds. The van der Waals surface area contributed by atoms with Gasteiger partial charge in [0.1, 0.15) is 0 Å². The number of carbonyl (C=O) groups excluding carboxylic acids is 1. The molecule has 2 aliphatic rings. The van der Waals surface area contributed by atoms with Crippen molar-refractivity contribution in [3.05, 3.63) is 68.6 Å².